The summed E-state index contributed by atoms with van der Waals surface area (Å²) in [6, 6.07) is 7.29. The molecule has 0 heterocycles. The molecule has 0 aliphatic heterocycles. The molecule has 3 N–H and O–H groups in total. The maximum absolute atomic E-state index is 11.7. The van der Waals surface area contributed by atoms with Crippen LogP contribution in [0.2, 0.25) is 0 Å². The van der Waals surface area contributed by atoms with E-state index >= 15 is 0 Å². The minimum absolute atomic E-state index is 0.0134. The maximum atomic E-state index is 11.7. The number of carbonyl (C=O) groups excluding carboxylic acids is 1. The third-order valence-corrected chi connectivity index (χ3v) is 4.35. The number of aldehydes is 1. The van der Waals surface area contributed by atoms with Crippen molar-refractivity contribution in [1.82, 2.24) is 0 Å². The van der Waals surface area contributed by atoms with Crippen LogP contribution in [0.5, 0.6) is 34.5 Å². The van der Waals surface area contributed by atoms with E-state index in [-0.39, 0.29) is 34.3 Å². The Morgan fingerprint density at radius 2 is 1.56 bits per heavy atom. The normalized spacial score (nSPS) is 10.6. The molecule has 7 heteroatoms. The molecule has 27 heavy (non-hydrogen) atoms. The third kappa shape index (κ3) is 2.83. The molecule has 7 nitrogen and oxygen atoms in total. The van der Waals surface area contributed by atoms with Crippen LogP contribution in [0, 0.1) is 0 Å². The summed E-state index contributed by atoms with van der Waals surface area (Å²) in [5.74, 6) is 0.00775. The van der Waals surface area contributed by atoms with Crippen molar-refractivity contribution in [3.8, 4) is 45.6 Å². The van der Waals surface area contributed by atoms with Crippen molar-refractivity contribution in [2.24, 2.45) is 0 Å². The molecular weight excluding hydrogens is 352 g/mol. The SMILES string of the molecule is COc1cc(O)ccc1-c1c(C=O)c(O)cc2c(OC)c(O)c(OC)cc12. The maximum Gasteiger partial charge on any atom is 0.201 e. The molecule has 3 rings (SSSR count). The van der Waals surface area contributed by atoms with Crippen molar-refractivity contribution in [3.05, 3.63) is 35.9 Å². The number of hydrogen-bond acceptors (Lipinski definition) is 7. The van der Waals surface area contributed by atoms with Crippen LogP contribution in [0.3, 0.4) is 0 Å². The van der Waals surface area contributed by atoms with Gasteiger partial charge in [0.05, 0.1) is 26.9 Å². The van der Waals surface area contributed by atoms with Crippen LogP contribution in [0.25, 0.3) is 21.9 Å². The molecule has 3 aromatic carbocycles. The molecule has 0 fully saturated rings. The number of phenolic OH excluding ortho intramolecular Hbond substituents is 3. The van der Waals surface area contributed by atoms with Gasteiger partial charge in [-0.15, -0.1) is 0 Å². The molecular formula is C20H18O7. The summed E-state index contributed by atoms with van der Waals surface area (Å²) in [6.45, 7) is 0. The fourth-order valence-corrected chi connectivity index (χ4v) is 3.13. The monoisotopic (exact) mass is 370 g/mol. The highest BCUT2D eigenvalue weighted by atomic mass is 16.5. The van der Waals surface area contributed by atoms with Crippen molar-refractivity contribution in [2.75, 3.05) is 21.3 Å². The minimum Gasteiger partial charge on any atom is -0.508 e. The summed E-state index contributed by atoms with van der Waals surface area (Å²) >= 11 is 0. The molecule has 0 aliphatic rings. The number of rotatable bonds is 5. The van der Waals surface area contributed by atoms with Crippen LogP contribution in [-0.4, -0.2) is 42.9 Å². The van der Waals surface area contributed by atoms with Crippen molar-refractivity contribution < 1.29 is 34.3 Å². The Bertz CT molecular complexity index is 1040. The Kier molecular flexibility index (Phi) is 4.68. The van der Waals surface area contributed by atoms with Gasteiger partial charge in [-0.3, -0.25) is 4.79 Å². The molecule has 0 unspecified atom stereocenters. The number of methoxy groups -OCH3 is 3. The van der Waals surface area contributed by atoms with Crippen molar-refractivity contribution >= 4 is 17.1 Å². The minimum atomic E-state index is -0.287. The Balaban J connectivity index is 2.56. The second-order valence-electron chi connectivity index (χ2n) is 5.74. The van der Waals surface area contributed by atoms with Gasteiger partial charge in [0.1, 0.15) is 17.2 Å². The first-order valence-electron chi connectivity index (χ1n) is 7.93. The van der Waals surface area contributed by atoms with Crippen LogP contribution in [-0.2, 0) is 0 Å². The lowest BCUT2D eigenvalue weighted by molar-refractivity contribution is 0.112. The Morgan fingerprint density at radius 1 is 0.852 bits per heavy atom. The zero-order valence-corrected chi connectivity index (χ0v) is 14.9. The van der Waals surface area contributed by atoms with E-state index in [1.54, 1.807) is 12.1 Å². The molecule has 0 saturated heterocycles. The van der Waals surface area contributed by atoms with Gasteiger partial charge in [0.2, 0.25) is 5.75 Å². The van der Waals surface area contributed by atoms with Crippen LogP contribution >= 0.6 is 0 Å². The number of hydrogen-bond donors (Lipinski definition) is 3. The van der Waals surface area contributed by atoms with E-state index < -0.39 is 0 Å². The van der Waals surface area contributed by atoms with E-state index in [1.165, 1.54) is 39.5 Å². The van der Waals surface area contributed by atoms with Gasteiger partial charge in [0.25, 0.3) is 0 Å². The third-order valence-electron chi connectivity index (χ3n) is 4.35. The van der Waals surface area contributed by atoms with Gasteiger partial charge in [0, 0.05) is 22.6 Å². The van der Waals surface area contributed by atoms with Gasteiger partial charge >= 0.3 is 0 Å². The van der Waals surface area contributed by atoms with E-state index in [2.05, 4.69) is 0 Å². The summed E-state index contributed by atoms with van der Waals surface area (Å²) in [5.41, 5.74) is 0.850. The number of benzene rings is 3. The predicted molar refractivity (Wildman–Crippen MR) is 99.4 cm³/mol. The summed E-state index contributed by atoms with van der Waals surface area (Å²) in [7, 11) is 4.19. The van der Waals surface area contributed by atoms with Gasteiger partial charge in [-0.25, -0.2) is 0 Å². The number of carbonyl (C=O) groups is 1. The zero-order chi connectivity index (χ0) is 19.7. The fraction of sp³-hybridized carbons (Fsp3) is 0.150. The molecule has 0 radical (unpaired) electrons. The van der Waals surface area contributed by atoms with E-state index in [0.29, 0.717) is 33.9 Å². The van der Waals surface area contributed by atoms with Gasteiger partial charge in [-0.2, -0.15) is 0 Å². The average Bonchev–Trinajstić information content (AvgIpc) is 2.66. The van der Waals surface area contributed by atoms with Crippen molar-refractivity contribution in [1.29, 1.82) is 0 Å². The number of phenols is 3. The average molecular weight is 370 g/mol. The van der Waals surface area contributed by atoms with Gasteiger partial charge in [-0.05, 0) is 29.7 Å². The molecule has 0 bridgehead atoms. The van der Waals surface area contributed by atoms with Crippen LogP contribution in [0.15, 0.2) is 30.3 Å². The molecule has 0 saturated carbocycles. The van der Waals surface area contributed by atoms with Crippen LogP contribution in [0.1, 0.15) is 10.4 Å². The van der Waals surface area contributed by atoms with Gasteiger partial charge in [0.15, 0.2) is 17.8 Å². The molecule has 3 aromatic rings. The van der Waals surface area contributed by atoms with E-state index in [0.717, 1.165) is 0 Å². The predicted octanol–water partition coefficient (Wildman–Crippen LogP) is 3.46. The number of fused-ring (bicyclic) bond motifs is 1. The van der Waals surface area contributed by atoms with Crippen molar-refractivity contribution in [2.45, 2.75) is 0 Å². The Labute approximate surface area is 155 Å². The lowest BCUT2D eigenvalue weighted by Gasteiger charge is -2.18. The largest absolute Gasteiger partial charge is 0.508 e. The molecule has 0 amide bonds. The quantitative estimate of drug-likeness (QED) is 0.591. The standard InChI is InChI=1S/C20H18O7/c1-25-16-6-10(22)4-5-11(16)18-12-8-17(26-2)19(24)20(27-3)13(12)7-15(23)14(18)9-21/h4-9,22-24H,1-3H3. The second-order valence-corrected chi connectivity index (χ2v) is 5.74. The smallest absolute Gasteiger partial charge is 0.201 e. The second kappa shape index (κ2) is 6.95. The highest BCUT2D eigenvalue weighted by Crippen LogP contribution is 2.49. The highest BCUT2D eigenvalue weighted by molar-refractivity contribution is 6.10. The lowest BCUT2D eigenvalue weighted by atomic mass is 9.91. The molecule has 0 aliphatic carbocycles. The number of aromatic hydroxyl groups is 3. The van der Waals surface area contributed by atoms with E-state index in [1.807, 2.05) is 0 Å². The first kappa shape index (κ1) is 18.2. The van der Waals surface area contributed by atoms with Gasteiger partial charge < -0.3 is 29.5 Å². The van der Waals surface area contributed by atoms with E-state index in [9.17, 15) is 20.1 Å². The summed E-state index contributed by atoms with van der Waals surface area (Å²) in [5, 5.41) is 31.4. The first-order valence-corrected chi connectivity index (χ1v) is 7.93. The molecule has 140 valence electrons. The fourth-order valence-electron chi connectivity index (χ4n) is 3.13. The van der Waals surface area contributed by atoms with Crippen LogP contribution in [0.4, 0.5) is 0 Å². The summed E-state index contributed by atoms with van der Waals surface area (Å²) in [6.07, 6.45) is 0.530. The Hall–Kier alpha value is -3.61. The number of ether oxygens (including phenoxy) is 3. The Morgan fingerprint density at radius 3 is 2.15 bits per heavy atom. The lowest BCUT2D eigenvalue weighted by Crippen LogP contribution is -1.97. The molecule has 0 spiro atoms. The summed E-state index contributed by atoms with van der Waals surface area (Å²) < 4.78 is 15.8. The highest BCUT2D eigenvalue weighted by Gasteiger charge is 2.23. The van der Waals surface area contributed by atoms with E-state index in [4.69, 9.17) is 14.2 Å². The zero-order valence-electron chi connectivity index (χ0n) is 14.9. The van der Waals surface area contributed by atoms with Crippen molar-refractivity contribution in [3.63, 3.8) is 0 Å². The topological polar surface area (TPSA) is 105 Å². The van der Waals surface area contributed by atoms with Gasteiger partial charge in [-0.1, -0.05) is 0 Å². The molecule has 0 aromatic heterocycles. The molecule has 0 atom stereocenters. The first-order chi connectivity index (χ1) is 13.0. The van der Waals surface area contributed by atoms with Crippen LogP contribution < -0.4 is 14.2 Å². The summed E-state index contributed by atoms with van der Waals surface area (Å²) in [4.78, 5) is 11.7.